The van der Waals surface area contributed by atoms with Gasteiger partial charge in [-0.25, -0.2) is 8.78 Å². The maximum Gasteiger partial charge on any atom is 0.123 e. The Morgan fingerprint density at radius 2 is 1.75 bits per heavy atom. The van der Waals surface area contributed by atoms with E-state index in [1.807, 2.05) is 0 Å². The predicted molar refractivity (Wildman–Crippen MR) is 73.3 cm³/mol. The summed E-state index contributed by atoms with van der Waals surface area (Å²) in [5.41, 5.74) is 2.21. The number of fused-ring (bicyclic) bond motifs is 1. The lowest BCUT2D eigenvalue weighted by Crippen LogP contribution is -2.26. The molecule has 3 rings (SSSR count). The molecule has 0 spiro atoms. The van der Waals surface area contributed by atoms with Gasteiger partial charge in [-0.1, -0.05) is 31.5 Å². The molecule has 20 heavy (non-hydrogen) atoms. The lowest BCUT2D eigenvalue weighted by molar-refractivity contribution is -0.0121. The van der Waals surface area contributed by atoms with E-state index >= 15 is 0 Å². The molecule has 2 aromatic carbocycles. The minimum atomic E-state index is -0.578. The van der Waals surface area contributed by atoms with Gasteiger partial charge < -0.3 is 4.74 Å². The summed E-state index contributed by atoms with van der Waals surface area (Å²) in [4.78, 5) is 0. The molecule has 0 saturated heterocycles. The lowest BCUT2D eigenvalue weighted by atomic mass is 9.82. The van der Waals surface area contributed by atoms with Gasteiger partial charge in [-0.05, 0) is 47.4 Å². The summed E-state index contributed by atoms with van der Waals surface area (Å²) in [5.74, 6) is -0.517. The highest BCUT2D eigenvalue weighted by Gasteiger charge is 2.41. The van der Waals surface area contributed by atoms with Crippen LogP contribution in [0.2, 0.25) is 0 Å². The zero-order valence-electron chi connectivity index (χ0n) is 11.3. The van der Waals surface area contributed by atoms with E-state index in [9.17, 15) is 8.78 Å². The van der Waals surface area contributed by atoms with Gasteiger partial charge in [0.25, 0.3) is 0 Å². The molecule has 1 unspecified atom stereocenters. The number of hydrogen-bond acceptors (Lipinski definition) is 1. The topological polar surface area (TPSA) is 9.23 Å². The molecule has 1 aliphatic rings. The van der Waals surface area contributed by atoms with Crippen LogP contribution in [0.15, 0.2) is 42.5 Å². The first-order valence-corrected chi connectivity index (χ1v) is 6.84. The number of benzene rings is 2. The highest BCUT2D eigenvalue weighted by molar-refractivity contribution is 5.44. The van der Waals surface area contributed by atoms with Gasteiger partial charge in [0, 0.05) is 0 Å². The largest absolute Gasteiger partial charge is 0.361 e. The number of halogens is 2. The predicted octanol–water partition coefficient (Wildman–Crippen LogP) is 4.54. The van der Waals surface area contributed by atoms with Crippen molar-refractivity contribution in [3.8, 4) is 0 Å². The average molecular weight is 274 g/mol. The number of hydrogen-bond donors (Lipinski definition) is 0. The Morgan fingerprint density at radius 1 is 1.05 bits per heavy atom. The second-order valence-corrected chi connectivity index (χ2v) is 5.17. The quantitative estimate of drug-likeness (QED) is 0.798. The summed E-state index contributed by atoms with van der Waals surface area (Å²) in [6.45, 7) is 2.47. The molecule has 104 valence electrons. The molecule has 0 aliphatic carbocycles. The van der Waals surface area contributed by atoms with Crippen molar-refractivity contribution in [2.24, 2.45) is 0 Å². The first-order valence-electron chi connectivity index (χ1n) is 6.84. The third-order valence-corrected chi connectivity index (χ3v) is 3.89. The van der Waals surface area contributed by atoms with Gasteiger partial charge in [0.05, 0.1) is 6.61 Å². The molecule has 0 bridgehead atoms. The minimum Gasteiger partial charge on any atom is -0.361 e. The zero-order valence-corrected chi connectivity index (χ0v) is 11.3. The van der Waals surface area contributed by atoms with Crippen molar-refractivity contribution in [1.82, 2.24) is 0 Å². The van der Waals surface area contributed by atoms with Gasteiger partial charge in [0.15, 0.2) is 0 Å². The Bertz CT molecular complexity index is 621. The highest BCUT2D eigenvalue weighted by Crippen LogP contribution is 2.45. The van der Waals surface area contributed by atoms with Crippen LogP contribution in [-0.2, 0) is 16.9 Å². The van der Waals surface area contributed by atoms with E-state index in [1.54, 1.807) is 18.2 Å². The Balaban J connectivity index is 2.14. The highest BCUT2D eigenvalue weighted by atomic mass is 19.1. The van der Waals surface area contributed by atoms with Crippen molar-refractivity contribution in [2.75, 3.05) is 0 Å². The zero-order chi connectivity index (χ0) is 14.2. The van der Waals surface area contributed by atoms with Crippen molar-refractivity contribution < 1.29 is 13.5 Å². The van der Waals surface area contributed by atoms with Crippen LogP contribution in [0, 0.1) is 11.6 Å². The third kappa shape index (κ3) is 2.02. The number of ether oxygens (including phenoxy) is 1. The van der Waals surface area contributed by atoms with Gasteiger partial charge in [0.2, 0.25) is 0 Å². The van der Waals surface area contributed by atoms with E-state index in [1.165, 1.54) is 24.3 Å². The van der Waals surface area contributed by atoms with Crippen molar-refractivity contribution in [2.45, 2.75) is 32.0 Å². The standard InChI is InChI=1S/C17H16F2O/c1-2-9-17(13-3-5-14(18)6-4-13)16-8-7-15(19)10-12(16)11-20-17/h3-8,10H,2,9,11H2,1H3. The van der Waals surface area contributed by atoms with Crippen molar-refractivity contribution >= 4 is 0 Å². The molecule has 1 atom stereocenters. The fourth-order valence-corrected chi connectivity index (χ4v) is 3.02. The smallest absolute Gasteiger partial charge is 0.123 e. The molecular formula is C17H16F2O. The fourth-order valence-electron chi connectivity index (χ4n) is 3.02. The second kappa shape index (κ2) is 4.98. The molecule has 2 aromatic rings. The van der Waals surface area contributed by atoms with Crippen LogP contribution < -0.4 is 0 Å². The Kier molecular flexibility index (Phi) is 3.30. The van der Waals surface area contributed by atoms with Crippen molar-refractivity contribution in [3.63, 3.8) is 0 Å². The van der Waals surface area contributed by atoms with Gasteiger partial charge in [-0.15, -0.1) is 0 Å². The Hall–Kier alpha value is -1.74. The molecule has 1 nitrogen and oxygen atoms in total. The second-order valence-electron chi connectivity index (χ2n) is 5.17. The van der Waals surface area contributed by atoms with E-state index in [4.69, 9.17) is 4.74 Å². The molecule has 0 N–H and O–H groups in total. The summed E-state index contributed by atoms with van der Waals surface area (Å²) in [6.07, 6.45) is 1.71. The maximum atomic E-state index is 13.3. The fraction of sp³-hybridized carbons (Fsp3) is 0.294. The molecular weight excluding hydrogens is 258 g/mol. The molecule has 0 aromatic heterocycles. The summed E-state index contributed by atoms with van der Waals surface area (Å²) in [7, 11) is 0. The van der Waals surface area contributed by atoms with Crippen LogP contribution in [0.3, 0.4) is 0 Å². The Morgan fingerprint density at radius 3 is 2.45 bits per heavy atom. The number of rotatable bonds is 3. The maximum absolute atomic E-state index is 13.3. The SMILES string of the molecule is CCCC1(c2ccc(F)cc2)OCc2cc(F)ccc21. The summed E-state index contributed by atoms with van der Waals surface area (Å²) in [6, 6.07) is 11.2. The van der Waals surface area contributed by atoms with Crippen LogP contribution in [0.1, 0.15) is 36.5 Å². The lowest BCUT2D eigenvalue weighted by Gasteiger charge is -2.30. The monoisotopic (exact) mass is 274 g/mol. The van der Waals surface area contributed by atoms with Crippen LogP contribution >= 0.6 is 0 Å². The molecule has 1 aliphatic heterocycles. The summed E-state index contributed by atoms with van der Waals surface area (Å²) in [5, 5.41) is 0. The third-order valence-electron chi connectivity index (χ3n) is 3.89. The van der Waals surface area contributed by atoms with Crippen LogP contribution in [0.5, 0.6) is 0 Å². The normalized spacial score (nSPS) is 20.9. The van der Waals surface area contributed by atoms with E-state index in [-0.39, 0.29) is 11.6 Å². The minimum absolute atomic E-state index is 0.251. The summed E-state index contributed by atoms with van der Waals surface area (Å²) < 4.78 is 32.5. The van der Waals surface area contributed by atoms with Gasteiger partial charge in [-0.2, -0.15) is 0 Å². The summed E-state index contributed by atoms with van der Waals surface area (Å²) >= 11 is 0. The van der Waals surface area contributed by atoms with Crippen molar-refractivity contribution in [1.29, 1.82) is 0 Å². The van der Waals surface area contributed by atoms with Crippen molar-refractivity contribution in [3.05, 3.63) is 70.8 Å². The van der Waals surface area contributed by atoms with E-state index in [0.717, 1.165) is 29.5 Å². The molecule has 0 radical (unpaired) electrons. The van der Waals surface area contributed by atoms with Crippen LogP contribution in [0.25, 0.3) is 0 Å². The molecule has 0 saturated carbocycles. The molecule has 1 heterocycles. The first-order chi connectivity index (χ1) is 9.65. The van der Waals surface area contributed by atoms with E-state index < -0.39 is 5.60 Å². The van der Waals surface area contributed by atoms with E-state index in [0.29, 0.717) is 6.61 Å². The Labute approximate surface area is 117 Å². The molecule has 0 amide bonds. The molecule has 0 fully saturated rings. The average Bonchev–Trinajstić information content (AvgIpc) is 2.79. The van der Waals surface area contributed by atoms with Gasteiger partial charge in [0.1, 0.15) is 17.2 Å². The van der Waals surface area contributed by atoms with Crippen LogP contribution in [-0.4, -0.2) is 0 Å². The van der Waals surface area contributed by atoms with Gasteiger partial charge >= 0.3 is 0 Å². The van der Waals surface area contributed by atoms with Crippen LogP contribution in [0.4, 0.5) is 8.78 Å². The molecule has 3 heteroatoms. The van der Waals surface area contributed by atoms with E-state index in [2.05, 4.69) is 6.92 Å². The van der Waals surface area contributed by atoms with Gasteiger partial charge in [-0.3, -0.25) is 0 Å². The first kappa shape index (κ1) is 13.3.